The van der Waals surface area contributed by atoms with Crippen LogP contribution in [-0.4, -0.2) is 17.0 Å². The van der Waals surface area contributed by atoms with Gasteiger partial charge in [-0.2, -0.15) is 0 Å². The van der Waals surface area contributed by atoms with Crippen molar-refractivity contribution < 1.29 is 9.90 Å². The Morgan fingerprint density at radius 3 is 2.59 bits per heavy atom. The molecule has 0 aromatic rings. The summed E-state index contributed by atoms with van der Waals surface area (Å²) in [5.74, 6) is 0.621. The number of aliphatic hydroxyl groups excluding tert-OH is 1. The number of carbonyl (C=O) groups excluding carboxylic acids is 1. The van der Waals surface area contributed by atoms with Crippen LogP contribution in [0.1, 0.15) is 53.4 Å². The molecule has 0 amide bonds. The molecule has 0 aromatic heterocycles. The maximum atomic E-state index is 12.1. The Balaban J connectivity index is 2.07. The fourth-order valence-corrected chi connectivity index (χ4v) is 5.18. The molecule has 0 spiro atoms. The van der Waals surface area contributed by atoms with Gasteiger partial charge in [0.05, 0.1) is 6.10 Å². The van der Waals surface area contributed by atoms with Crippen LogP contribution in [0.4, 0.5) is 0 Å². The van der Waals surface area contributed by atoms with Gasteiger partial charge in [-0.05, 0) is 56.1 Å². The Bertz CT molecular complexity index is 599. The molecule has 2 nitrogen and oxygen atoms in total. The van der Waals surface area contributed by atoms with Crippen LogP contribution in [-0.2, 0) is 4.79 Å². The third kappa shape index (κ3) is 1.93. The molecular weight excluding hydrogens is 272 g/mol. The van der Waals surface area contributed by atoms with Crippen molar-refractivity contribution in [2.24, 2.45) is 22.2 Å². The summed E-state index contributed by atoms with van der Waals surface area (Å²) in [5.41, 5.74) is 2.13. The van der Waals surface area contributed by atoms with E-state index in [0.29, 0.717) is 5.92 Å². The van der Waals surface area contributed by atoms with Crippen molar-refractivity contribution in [2.45, 2.75) is 59.5 Å². The molecule has 0 radical (unpaired) electrons. The summed E-state index contributed by atoms with van der Waals surface area (Å²) in [6.45, 7) is 12.7. The van der Waals surface area contributed by atoms with E-state index in [0.717, 1.165) is 25.7 Å². The van der Waals surface area contributed by atoms with Crippen LogP contribution in [0.2, 0.25) is 0 Å². The molecule has 0 bridgehead atoms. The van der Waals surface area contributed by atoms with Gasteiger partial charge in [-0.1, -0.05) is 38.0 Å². The van der Waals surface area contributed by atoms with Gasteiger partial charge in [0.25, 0.3) is 0 Å². The average molecular weight is 300 g/mol. The molecule has 0 saturated heterocycles. The maximum absolute atomic E-state index is 12.1. The fourth-order valence-electron chi connectivity index (χ4n) is 5.18. The normalized spacial score (nSPS) is 48.0. The van der Waals surface area contributed by atoms with E-state index in [4.69, 9.17) is 0 Å². The Morgan fingerprint density at radius 2 is 1.95 bits per heavy atom. The van der Waals surface area contributed by atoms with E-state index in [2.05, 4.69) is 34.3 Å². The lowest BCUT2D eigenvalue weighted by Crippen LogP contribution is -2.53. The lowest BCUT2D eigenvalue weighted by molar-refractivity contribution is -0.111. The summed E-state index contributed by atoms with van der Waals surface area (Å²) in [4.78, 5) is 12.1. The Morgan fingerprint density at radius 1 is 1.27 bits per heavy atom. The third-order valence-corrected chi connectivity index (χ3v) is 7.15. The average Bonchev–Trinajstić information content (AvgIpc) is 2.44. The standard InChI is InChI=1S/C20H28O2/c1-6-18(3)11-14-7-8-19(4)13(2)9-15(21)10-16(19)20(14,5)12-17(18)22/h6,9-10,14,17,22H,1,7-8,11-12H2,2-5H3/t14-,17+,18+,19-,20-/m0/s1. The highest BCUT2D eigenvalue weighted by Gasteiger charge is 2.57. The molecule has 0 unspecified atom stereocenters. The summed E-state index contributed by atoms with van der Waals surface area (Å²) in [6.07, 6.45) is 9.12. The third-order valence-electron chi connectivity index (χ3n) is 7.15. The number of hydrogen-bond acceptors (Lipinski definition) is 2. The minimum atomic E-state index is -0.393. The van der Waals surface area contributed by atoms with E-state index in [1.54, 1.807) is 6.08 Å². The molecule has 120 valence electrons. The Hall–Kier alpha value is -1.15. The number of fused-ring (bicyclic) bond motifs is 3. The van der Waals surface area contributed by atoms with Crippen molar-refractivity contribution >= 4 is 5.78 Å². The highest BCUT2D eigenvalue weighted by Crippen LogP contribution is 2.64. The lowest BCUT2D eigenvalue weighted by Gasteiger charge is -2.59. The van der Waals surface area contributed by atoms with E-state index < -0.39 is 6.10 Å². The molecule has 3 rings (SSSR count). The zero-order valence-electron chi connectivity index (χ0n) is 14.3. The van der Waals surface area contributed by atoms with Crippen molar-refractivity contribution in [3.05, 3.63) is 36.0 Å². The van der Waals surface area contributed by atoms with Gasteiger partial charge in [0, 0.05) is 10.8 Å². The molecule has 3 aliphatic rings. The molecule has 2 saturated carbocycles. The topological polar surface area (TPSA) is 37.3 Å². The number of hydrogen-bond donors (Lipinski definition) is 1. The molecule has 22 heavy (non-hydrogen) atoms. The molecule has 2 fully saturated rings. The first-order valence-electron chi connectivity index (χ1n) is 8.43. The predicted octanol–water partition coefficient (Wildman–Crippen LogP) is 4.21. The van der Waals surface area contributed by atoms with Gasteiger partial charge in [-0.25, -0.2) is 0 Å². The van der Waals surface area contributed by atoms with Gasteiger partial charge in [0.2, 0.25) is 0 Å². The van der Waals surface area contributed by atoms with Gasteiger partial charge in [0.15, 0.2) is 5.78 Å². The quantitative estimate of drug-likeness (QED) is 0.736. The summed E-state index contributed by atoms with van der Waals surface area (Å²) in [5, 5.41) is 10.7. The number of aliphatic hydroxyl groups is 1. The van der Waals surface area contributed by atoms with Gasteiger partial charge in [-0.15, -0.1) is 6.58 Å². The summed E-state index contributed by atoms with van der Waals surface area (Å²) in [6, 6.07) is 0. The highest BCUT2D eigenvalue weighted by atomic mass is 16.3. The minimum Gasteiger partial charge on any atom is -0.392 e. The van der Waals surface area contributed by atoms with Crippen LogP contribution in [0.3, 0.4) is 0 Å². The van der Waals surface area contributed by atoms with Crippen molar-refractivity contribution in [1.29, 1.82) is 0 Å². The molecule has 0 aromatic carbocycles. The van der Waals surface area contributed by atoms with Crippen molar-refractivity contribution in [1.82, 2.24) is 0 Å². The lowest BCUT2D eigenvalue weighted by atomic mass is 9.45. The summed E-state index contributed by atoms with van der Waals surface area (Å²) >= 11 is 0. The number of allylic oxidation sites excluding steroid dienone is 4. The van der Waals surface area contributed by atoms with E-state index in [-0.39, 0.29) is 22.0 Å². The second-order valence-electron chi connectivity index (χ2n) is 8.41. The first-order valence-corrected chi connectivity index (χ1v) is 8.43. The van der Waals surface area contributed by atoms with Crippen LogP contribution >= 0.6 is 0 Å². The first kappa shape index (κ1) is 15.7. The molecule has 5 atom stereocenters. The van der Waals surface area contributed by atoms with E-state index in [9.17, 15) is 9.90 Å². The van der Waals surface area contributed by atoms with Gasteiger partial charge >= 0.3 is 0 Å². The Labute approximate surface area is 134 Å². The van der Waals surface area contributed by atoms with Crippen molar-refractivity contribution in [3.8, 4) is 0 Å². The second kappa shape index (κ2) is 4.67. The van der Waals surface area contributed by atoms with E-state index >= 15 is 0 Å². The number of carbonyl (C=O) groups is 1. The van der Waals surface area contributed by atoms with Crippen LogP contribution in [0.25, 0.3) is 0 Å². The number of rotatable bonds is 1. The van der Waals surface area contributed by atoms with E-state index in [1.807, 2.05) is 12.2 Å². The molecule has 2 heteroatoms. The first-order chi connectivity index (χ1) is 10.2. The highest BCUT2D eigenvalue weighted by molar-refractivity contribution is 6.02. The minimum absolute atomic E-state index is 0.0131. The largest absolute Gasteiger partial charge is 0.392 e. The van der Waals surface area contributed by atoms with Crippen molar-refractivity contribution in [3.63, 3.8) is 0 Å². The smallest absolute Gasteiger partial charge is 0.178 e. The van der Waals surface area contributed by atoms with Gasteiger partial charge < -0.3 is 5.11 Å². The second-order valence-corrected chi connectivity index (χ2v) is 8.41. The number of ketones is 1. The molecule has 0 heterocycles. The SMILES string of the molecule is C=C[C@]1(C)C[C@@H]2CC[C@@]3(C)C(C)=CC(=O)C=C3[C@@]2(C)C[C@H]1O. The Kier molecular flexibility index (Phi) is 3.34. The molecule has 0 aliphatic heterocycles. The van der Waals surface area contributed by atoms with Gasteiger partial charge in [-0.3, -0.25) is 4.79 Å². The van der Waals surface area contributed by atoms with Crippen LogP contribution in [0, 0.1) is 22.2 Å². The molecular formula is C20H28O2. The van der Waals surface area contributed by atoms with Crippen LogP contribution < -0.4 is 0 Å². The zero-order valence-corrected chi connectivity index (χ0v) is 14.3. The predicted molar refractivity (Wildman–Crippen MR) is 89.3 cm³/mol. The van der Waals surface area contributed by atoms with Crippen LogP contribution in [0.15, 0.2) is 36.0 Å². The van der Waals surface area contributed by atoms with E-state index in [1.165, 1.54) is 11.1 Å². The molecule has 1 N–H and O–H groups in total. The fraction of sp³-hybridized carbons (Fsp3) is 0.650. The van der Waals surface area contributed by atoms with Gasteiger partial charge in [0.1, 0.15) is 0 Å². The molecule has 3 aliphatic carbocycles. The summed E-state index contributed by atoms with van der Waals surface area (Å²) in [7, 11) is 0. The van der Waals surface area contributed by atoms with Crippen molar-refractivity contribution in [2.75, 3.05) is 0 Å². The maximum Gasteiger partial charge on any atom is 0.178 e. The summed E-state index contributed by atoms with van der Waals surface area (Å²) < 4.78 is 0. The zero-order chi connectivity index (χ0) is 16.3. The monoisotopic (exact) mass is 300 g/mol. The van der Waals surface area contributed by atoms with Crippen LogP contribution in [0.5, 0.6) is 0 Å².